The second-order valence-corrected chi connectivity index (χ2v) is 24.5. The summed E-state index contributed by atoms with van der Waals surface area (Å²) in [5.41, 5.74) is 0. The summed E-state index contributed by atoms with van der Waals surface area (Å²) >= 11 is 0. The van der Waals surface area contributed by atoms with Crippen LogP contribution in [-0.2, 0) is 33.3 Å². The van der Waals surface area contributed by atoms with E-state index < -0.39 is 24.3 Å². The van der Waals surface area contributed by atoms with Gasteiger partial charge in [0.05, 0.1) is 34.4 Å². The van der Waals surface area contributed by atoms with Crippen LogP contribution in [0, 0.1) is 0 Å². The van der Waals surface area contributed by atoms with Crippen LogP contribution in [0.4, 0.5) is 0 Å². The topological polar surface area (TPSA) is 108 Å². The number of aliphatic carboxylic acids is 1. The third-order valence-corrected chi connectivity index (χ3v) is 14.9. The van der Waals surface area contributed by atoms with Crippen molar-refractivity contribution in [1.29, 1.82) is 0 Å². The lowest BCUT2D eigenvalue weighted by Crippen LogP contribution is -2.40. The Labute approximate surface area is 535 Å². The molecule has 0 aliphatic heterocycles. The molecule has 0 rings (SSSR count). The molecule has 0 aromatic rings. The Bertz CT molecular complexity index is 1890. The molecule has 496 valence electrons. The van der Waals surface area contributed by atoms with Crippen LogP contribution >= 0.6 is 0 Å². The van der Waals surface area contributed by atoms with Gasteiger partial charge in [-0.25, -0.2) is 4.79 Å². The zero-order chi connectivity index (χ0) is 63.3. The van der Waals surface area contributed by atoms with Crippen molar-refractivity contribution in [3.63, 3.8) is 0 Å². The van der Waals surface area contributed by atoms with Crippen molar-refractivity contribution in [3.05, 3.63) is 134 Å². The number of carboxylic acids is 1. The average molecular weight is 1210 g/mol. The molecule has 2 atom stereocenters. The number of carbonyl (C=O) groups is 3. The molecule has 0 aliphatic rings. The van der Waals surface area contributed by atoms with Gasteiger partial charge in [0, 0.05) is 12.8 Å². The van der Waals surface area contributed by atoms with E-state index in [1.807, 2.05) is 21.1 Å². The SMILES string of the molecule is CC/C=C\C/C=C\C/C=C\C/C=C\C/C=C\C/C=C\C/C=C\C/C=C\CCCCCCCCCCCCCCCCCCC(=O)OC(COC(=O)CCCCCCCC/C=C\C/C=C\C/C=C\CCCCCCC)COC(OCC[N+](C)(C)C)C(=O)O. The fourth-order valence-electron chi connectivity index (χ4n) is 9.51. The molecule has 1 N–H and O–H groups in total. The first kappa shape index (κ1) is 82.4. The van der Waals surface area contributed by atoms with Crippen LogP contribution in [0.3, 0.4) is 0 Å². The summed E-state index contributed by atoms with van der Waals surface area (Å²) in [5, 5.41) is 9.74. The smallest absolute Gasteiger partial charge is 0.361 e. The summed E-state index contributed by atoms with van der Waals surface area (Å²) in [6, 6.07) is 0. The van der Waals surface area contributed by atoms with Crippen molar-refractivity contribution in [2.45, 2.75) is 296 Å². The fourth-order valence-corrected chi connectivity index (χ4v) is 9.51. The van der Waals surface area contributed by atoms with Gasteiger partial charge < -0.3 is 28.5 Å². The van der Waals surface area contributed by atoms with Gasteiger partial charge in [0.1, 0.15) is 13.2 Å². The molecule has 0 spiro atoms. The fraction of sp³-hybridized carbons (Fsp3) is 0.679. The van der Waals surface area contributed by atoms with Gasteiger partial charge in [-0.3, -0.25) is 9.59 Å². The highest BCUT2D eigenvalue weighted by Crippen LogP contribution is 2.17. The molecule has 0 saturated heterocycles. The van der Waals surface area contributed by atoms with Gasteiger partial charge in [0.15, 0.2) is 6.10 Å². The van der Waals surface area contributed by atoms with Gasteiger partial charge in [0.25, 0.3) is 6.29 Å². The predicted molar refractivity (Wildman–Crippen MR) is 373 cm³/mol. The number of rotatable bonds is 64. The second kappa shape index (κ2) is 67.4. The Morgan fingerprint density at radius 2 is 0.655 bits per heavy atom. The second-order valence-electron chi connectivity index (χ2n) is 24.5. The van der Waals surface area contributed by atoms with E-state index in [0.29, 0.717) is 17.4 Å². The summed E-state index contributed by atoms with van der Waals surface area (Å²) in [6.45, 7) is 4.74. The highest BCUT2D eigenvalue weighted by Gasteiger charge is 2.25. The van der Waals surface area contributed by atoms with E-state index in [4.69, 9.17) is 18.9 Å². The van der Waals surface area contributed by atoms with E-state index in [1.54, 1.807) is 0 Å². The molecule has 0 amide bonds. The third-order valence-electron chi connectivity index (χ3n) is 14.9. The number of allylic oxidation sites excluding steroid dienone is 22. The van der Waals surface area contributed by atoms with Crippen molar-refractivity contribution in [2.75, 3.05) is 47.5 Å². The quantitative estimate of drug-likeness (QED) is 0.0211. The van der Waals surface area contributed by atoms with E-state index >= 15 is 0 Å². The molecule has 9 heteroatoms. The van der Waals surface area contributed by atoms with E-state index in [2.05, 4.69) is 148 Å². The first-order valence-corrected chi connectivity index (χ1v) is 35.3. The molecule has 0 aromatic heterocycles. The summed E-state index contributed by atoms with van der Waals surface area (Å²) in [5.74, 6) is -2.02. The maximum absolute atomic E-state index is 12.9. The minimum absolute atomic E-state index is 0.181. The first-order chi connectivity index (χ1) is 42.6. The molecule has 0 heterocycles. The monoisotopic (exact) mass is 1210 g/mol. The van der Waals surface area contributed by atoms with Crippen LogP contribution in [0.5, 0.6) is 0 Å². The van der Waals surface area contributed by atoms with Crippen molar-refractivity contribution < 1.29 is 42.9 Å². The lowest BCUT2D eigenvalue weighted by molar-refractivity contribution is -0.870. The summed E-state index contributed by atoms with van der Waals surface area (Å²) < 4.78 is 22.9. The molecule has 0 fully saturated rings. The summed E-state index contributed by atoms with van der Waals surface area (Å²) in [7, 11) is 5.97. The molecule has 0 saturated carbocycles. The van der Waals surface area contributed by atoms with E-state index in [9.17, 15) is 19.5 Å². The van der Waals surface area contributed by atoms with Gasteiger partial charge >= 0.3 is 17.9 Å². The Hall–Kier alpha value is -4.57. The Morgan fingerprint density at radius 3 is 0.977 bits per heavy atom. The van der Waals surface area contributed by atoms with Gasteiger partial charge in [-0.1, -0.05) is 289 Å². The van der Waals surface area contributed by atoms with Gasteiger partial charge in [-0.05, 0) is 116 Å². The minimum atomic E-state index is -1.52. The number of hydrogen-bond donors (Lipinski definition) is 1. The molecule has 2 unspecified atom stereocenters. The van der Waals surface area contributed by atoms with E-state index in [0.717, 1.165) is 109 Å². The number of carbonyl (C=O) groups excluding carboxylic acids is 2. The van der Waals surface area contributed by atoms with Crippen molar-refractivity contribution >= 4 is 17.9 Å². The molecule has 0 aromatic carbocycles. The predicted octanol–water partition coefficient (Wildman–Crippen LogP) is 22.1. The van der Waals surface area contributed by atoms with Crippen molar-refractivity contribution in [3.8, 4) is 0 Å². The first-order valence-electron chi connectivity index (χ1n) is 35.3. The Kier molecular flexibility index (Phi) is 63.8. The lowest BCUT2D eigenvalue weighted by Gasteiger charge is -2.25. The van der Waals surface area contributed by atoms with Gasteiger partial charge in [-0.15, -0.1) is 0 Å². The molecular formula is C78H132NO8+. The number of quaternary nitrogens is 1. The number of likely N-dealkylation sites (N-methyl/N-ethyl adjacent to an activating group) is 1. The maximum Gasteiger partial charge on any atom is 0.361 e. The van der Waals surface area contributed by atoms with Crippen LogP contribution < -0.4 is 0 Å². The maximum atomic E-state index is 12.9. The number of hydrogen-bond acceptors (Lipinski definition) is 7. The normalized spacial score (nSPS) is 13.5. The van der Waals surface area contributed by atoms with Gasteiger partial charge in [0.2, 0.25) is 0 Å². The standard InChI is InChI=1S/C78H131NO8/c1-6-8-10-12-14-16-18-20-22-24-26-28-29-30-31-32-33-34-35-36-37-38-39-40-41-42-43-44-45-46-47-49-51-53-55-57-59-61-63-65-67-69-76(81)87-74(73-86-78(77(82)83)84-71-70-79(3,4)5)72-85-75(80)68-66-64-62-60-58-56-54-52-50-48-27-25-23-21-19-17-15-13-11-9-7-2/h8,10,14,16,19-22,25-28,30-31,33-34,36-37,39-40,50,52,74,78H,6-7,9,11-13,15,17-18,23-24,29,32,35,38,41-49,51,53-73H2,1-5H3/p+1/b10-8-,16-14-,21-19-,22-20-,27-25-,28-26-,31-30-,34-33-,37-36-,40-39-,52-50-. The highest BCUT2D eigenvalue weighted by atomic mass is 16.7. The zero-order valence-electron chi connectivity index (χ0n) is 56.6. The number of ether oxygens (including phenoxy) is 4. The number of nitrogens with zero attached hydrogens (tertiary/aromatic N) is 1. The van der Waals surface area contributed by atoms with Crippen LogP contribution in [0.2, 0.25) is 0 Å². The zero-order valence-corrected chi connectivity index (χ0v) is 56.6. The lowest BCUT2D eigenvalue weighted by atomic mass is 10.0. The summed E-state index contributed by atoms with van der Waals surface area (Å²) in [6.07, 6.45) is 94.2. The number of esters is 2. The largest absolute Gasteiger partial charge is 0.477 e. The molecule has 0 radical (unpaired) electrons. The molecule has 0 bridgehead atoms. The van der Waals surface area contributed by atoms with Crippen molar-refractivity contribution in [2.24, 2.45) is 0 Å². The van der Waals surface area contributed by atoms with E-state index in [1.165, 1.54) is 141 Å². The van der Waals surface area contributed by atoms with Crippen LogP contribution in [-0.4, -0.2) is 87.4 Å². The number of carboxylic acid groups (broad SMARTS) is 1. The Morgan fingerprint density at radius 1 is 0.356 bits per heavy atom. The van der Waals surface area contributed by atoms with Crippen LogP contribution in [0.25, 0.3) is 0 Å². The molecular weight excluding hydrogens is 1080 g/mol. The summed E-state index contributed by atoms with van der Waals surface area (Å²) in [4.78, 5) is 37.6. The highest BCUT2D eigenvalue weighted by molar-refractivity contribution is 5.71. The number of unbranched alkanes of at least 4 members (excludes halogenated alkanes) is 27. The third kappa shape index (κ3) is 68.8. The van der Waals surface area contributed by atoms with Gasteiger partial charge in [-0.2, -0.15) is 0 Å². The molecule has 87 heavy (non-hydrogen) atoms. The Balaban J connectivity index is 4.09. The molecule has 0 aliphatic carbocycles. The van der Waals surface area contributed by atoms with E-state index in [-0.39, 0.29) is 38.6 Å². The van der Waals surface area contributed by atoms with Crippen LogP contribution in [0.1, 0.15) is 284 Å². The molecule has 9 nitrogen and oxygen atoms in total. The minimum Gasteiger partial charge on any atom is -0.477 e. The van der Waals surface area contributed by atoms with Crippen LogP contribution in [0.15, 0.2) is 134 Å². The van der Waals surface area contributed by atoms with Crippen molar-refractivity contribution in [1.82, 2.24) is 0 Å². The average Bonchev–Trinajstić information content (AvgIpc) is 3.59.